The second-order valence-electron chi connectivity index (χ2n) is 6.89. The third kappa shape index (κ3) is 4.71. The zero-order chi connectivity index (χ0) is 18.0. The van der Waals surface area contributed by atoms with Crippen LogP contribution in [0, 0.1) is 0 Å². The van der Waals surface area contributed by atoms with Crippen molar-refractivity contribution < 1.29 is 13.2 Å². The molecule has 0 atom stereocenters. The van der Waals surface area contributed by atoms with Crippen LogP contribution in [-0.2, 0) is 9.84 Å². The first-order chi connectivity index (χ1) is 11.1. The van der Waals surface area contributed by atoms with Crippen molar-refractivity contribution in [2.45, 2.75) is 26.3 Å². The highest BCUT2D eigenvalue weighted by molar-refractivity contribution is 7.90. The standard InChI is InChI=1S/C18H24N2O3S/c1-18(2,3)20(13-14-24(4,22)23)17(21)15-7-9-16(10-8-15)19-11-5-6-12-19/h5-12H,13-14H2,1-4H3. The Morgan fingerprint density at radius 1 is 1.08 bits per heavy atom. The lowest BCUT2D eigenvalue weighted by Crippen LogP contribution is -2.47. The van der Waals surface area contributed by atoms with E-state index in [4.69, 9.17) is 0 Å². The number of hydrogen-bond acceptors (Lipinski definition) is 3. The molecule has 5 nitrogen and oxygen atoms in total. The smallest absolute Gasteiger partial charge is 0.254 e. The lowest BCUT2D eigenvalue weighted by Gasteiger charge is -2.35. The molecule has 0 saturated carbocycles. The Labute approximate surface area is 143 Å². The van der Waals surface area contributed by atoms with Gasteiger partial charge in [-0.05, 0) is 57.2 Å². The monoisotopic (exact) mass is 348 g/mol. The molecule has 24 heavy (non-hydrogen) atoms. The molecule has 0 aliphatic carbocycles. The van der Waals surface area contributed by atoms with Gasteiger partial charge in [-0.3, -0.25) is 4.79 Å². The third-order valence-electron chi connectivity index (χ3n) is 3.76. The van der Waals surface area contributed by atoms with Crippen molar-refractivity contribution in [2.24, 2.45) is 0 Å². The fourth-order valence-corrected chi connectivity index (χ4v) is 2.95. The predicted octanol–water partition coefficient (Wildman–Crippen LogP) is 2.76. The first kappa shape index (κ1) is 18.3. The van der Waals surface area contributed by atoms with Crippen LogP contribution in [0.1, 0.15) is 31.1 Å². The molecule has 1 heterocycles. The van der Waals surface area contributed by atoms with Crippen molar-refractivity contribution in [1.82, 2.24) is 9.47 Å². The van der Waals surface area contributed by atoms with Crippen LogP contribution in [0.2, 0.25) is 0 Å². The van der Waals surface area contributed by atoms with Crippen molar-refractivity contribution >= 4 is 15.7 Å². The Kier molecular flexibility index (Phi) is 5.18. The summed E-state index contributed by atoms with van der Waals surface area (Å²) in [5, 5.41) is 0. The van der Waals surface area contributed by atoms with Gasteiger partial charge in [-0.15, -0.1) is 0 Å². The van der Waals surface area contributed by atoms with Crippen LogP contribution in [-0.4, -0.2) is 47.9 Å². The highest BCUT2D eigenvalue weighted by atomic mass is 32.2. The van der Waals surface area contributed by atoms with Crippen LogP contribution in [0.4, 0.5) is 0 Å². The van der Waals surface area contributed by atoms with Crippen LogP contribution in [0.25, 0.3) is 5.69 Å². The summed E-state index contributed by atoms with van der Waals surface area (Å²) in [4.78, 5) is 14.4. The fourth-order valence-electron chi connectivity index (χ4n) is 2.44. The quantitative estimate of drug-likeness (QED) is 0.835. The number of nitrogens with zero attached hydrogens (tertiary/aromatic N) is 2. The minimum absolute atomic E-state index is 0.0442. The summed E-state index contributed by atoms with van der Waals surface area (Å²) in [5.74, 6) is -0.206. The maximum absolute atomic E-state index is 12.8. The fraction of sp³-hybridized carbons (Fsp3) is 0.389. The highest BCUT2D eigenvalue weighted by Gasteiger charge is 2.28. The van der Waals surface area contributed by atoms with E-state index in [9.17, 15) is 13.2 Å². The largest absolute Gasteiger partial charge is 0.333 e. The van der Waals surface area contributed by atoms with Crippen molar-refractivity contribution in [3.05, 3.63) is 54.4 Å². The number of rotatable bonds is 5. The van der Waals surface area contributed by atoms with E-state index in [0.29, 0.717) is 5.56 Å². The third-order valence-corrected chi connectivity index (χ3v) is 4.68. The van der Waals surface area contributed by atoms with Gasteiger partial charge in [0.15, 0.2) is 0 Å². The molecule has 1 aromatic carbocycles. The van der Waals surface area contributed by atoms with Crippen LogP contribution in [0.15, 0.2) is 48.8 Å². The summed E-state index contributed by atoms with van der Waals surface area (Å²) >= 11 is 0. The molecule has 0 bridgehead atoms. The molecular weight excluding hydrogens is 324 g/mol. The SMILES string of the molecule is CC(C)(C)N(CCS(C)(=O)=O)C(=O)c1ccc(-n2cccc2)cc1. The average molecular weight is 348 g/mol. The van der Waals surface area contributed by atoms with E-state index in [2.05, 4.69) is 0 Å². The lowest BCUT2D eigenvalue weighted by atomic mass is 10.0. The summed E-state index contributed by atoms with van der Waals surface area (Å²) < 4.78 is 24.9. The van der Waals surface area contributed by atoms with Crippen molar-refractivity contribution in [2.75, 3.05) is 18.6 Å². The minimum Gasteiger partial charge on any atom is -0.333 e. The summed E-state index contributed by atoms with van der Waals surface area (Å²) in [6, 6.07) is 11.2. The summed E-state index contributed by atoms with van der Waals surface area (Å²) in [7, 11) is -3.13. The van der Waals surface area contributed by atoms with Crippen molar-refractivity contribution in [3.8, 4) is 5.69 Å². The van der Waals surface area contributed by atoms with E-state index in [-0.39, 0.29) is 18.2 Å². The number of sulfone groups is 1. The van der Waals surface area contributed by atoms with Gasteiger partial charge < -0.3 is 9.47 Å². The Morgan fingerprint density at radius 2 is 1.62 bits per heavy atom. The van der Waals surface area contributed by atoms with E-state index in [1.165, 1.54) is 6.26 Å². The van der Waals surface area contributed by atoms with E-state index < -0.39 is 15.4 Å². The molecule has 0 fully saturated rings. The first-order valence-electron chi connectivity index (χ1n) is 7.81. The zero-order valence-corrected chi connectivity index (χ0v) is 15.4. The van der Waals surface area contributed by atoms with Crippen molar-refractivity contribution in [3.63, 3.8) is 0 Å². The topological polar surface area (TPSA) is 59.4 Å². The summed E-state index contributed by atoms with van der Waals surface area (Å²) in [6.07, 6.45) is 5.05. The van der Waals surface area contributed by atoms with Gasteiger partial charge in [0.25, 0.3) is 5.91 Å². The van der Waals surface area contributed by atoms with Gasteiger partial charge in [0.1, 0.15) is 9.84 Å². The van der Waals surface area contributed by atoms with Crippen LogP contribution >= 0.6 is 0 Å². The summed E-state index contributed by atoms with van der Waals surface area (Å²) in [6.45, 7) is 5.89. The number of carbonyl (C=O) groups is 1. The Hall–Kier alpha value is -2.08. The molecule has 2 aromatic rings. The van der Waals surface area contributed by atoms with E-state index in [0.717, 1.165) is 5.69 Å². The van der Waals surface area contributed by atoms with E-state index in [1.54, 1.807) is 17.0 Å². The number of hydrogen-bond donors (Lipinski definition) is 0. The molecule has 0 aliphatic rings. The Balaban J connectivity index is 2.22. The number of carbonyl (C=O) groups excluding carboxylic acids is 1. The van der Waals surface area contributed by atoms with Gasteiger partial charge in [-0.25, -0.2) is 8.42 Å². The van der Waals surface area contributed by atoms with Gasteiger partial charge in [0, 0.05) is 42.0 Å². The molecule has 2 rings (SSSR count). The molecule has 0 N–H and O–H groups in total. The molecule has 0 aliphatic heterocycles. The molecule has 1 amide bonds. The van der Waals surface area contributed by atoms with E-state index >= 15 is 0 Å². The summed E-state index contributed by atoms with van der Waals surface area (Å²) in [5.41, 5.74) is 1.06. The van der Waals surface area contributed by atoms with Gasteiger partial charge >= 0.3 is 0 Å². The molecule has 6 heteroatoms. The van der Waals surface area contributed by atoms with Gasteiger partial charge in [0.2, 0.25) is 0 Å². The molecule has 1 aromatic heterocycles. The van der Waals surface area contributed by atoms with Crippen LogP contribution < -0.4 is 0 Å². The minimum atomic E-state index is -3.13. The van der Waals surface area contributed by atoms with Gasteiger partial charge in [-0.2, -0.15) is 0 Å². The molecular formula is C18H24N2O3S. The highest BCUT2D eigenvalue weighted by Crippen LogP contribution is 2.19. The Bertz CT molecular complexity index is 786. The lowest BCUT2D eigenvalue weighted by molar-refractivity contribution is 0.0601. The predicted molar refractivity (Wildman–Crippen MR) is 96.3 cm³/mol. The second-order valence-corrected chi connectivity index (χ2v) is 9.15. The molecule has 0 spiro atoms. The van der Waals surface area contributed by atoms with Gasteiger partial charge in [-0.1, -0.05) is 0 Å². The second kappa shape index (κ2) is 6.81. The maximum Gasteiger partial charge on any atom is 0.254 e. The molecule has 130 valence electrons. The van der Waals surface area contributed by atoms with E-state index in [1.807, 2.05) is 62.0 Å². The number of aromatic nitrogens is 1. The zero-order valence-electron chi connectivity index (χ0n) is 14.6. The average Bonchev–Trinajstić information content (AvgIpc) is 2.99. The van der Waals surface area contributed by atoms with Gasteiger partial charge in [0.05, 0.1) is 5.75 Å². The number of benzene rings is 1. The maximum atomic E-state index is 12.8. The molecule has 0 unspecified atom stereocenters. The van der Waals surface area contributed by atoms with Crippen LogP contribution in [0.5, 0.6) is 0 Å². The molecule has 0 radical (unpaired) electrons. The van der Waals surface area contributed by atoms with Crippen LogP contribution in [0.3, 0.4) is 0 Å². The number of amides is 1. The van der Waals surface area contributed by atoms with Crippen molar-refractivity contribution in [1.29, 1.82) is 0 Å². The molecule has 0 saturated heterocycles. The Morgan fingerprint density at radius 3 is 2.08 bits per heavy atom. The first-order valence-corrected chi connectivity index (χ1v) is 9.87. The normalized spacial score (nSPS) is 12.2.